The fraction of sp³-hybridized carbons (Fsp3) is 0.333. The van der Waals surface area contributed by atoms with Crippen LogP contribution in [0.3, 0.4) is 0 Å². The number of carbonyl (C=O) groups is 1. The SMILES string of the molecule is Cc1noc(/C=C/c2ccccc2F)c1S(=O)(=O)N1CCC[C@@H](C(=O)N2CCc3ccccc3C2)C1. The van der Waals surface area contributed by atoms with Gasteiger partial charge in [-0.2, -0.15) is 4.31 Å². The van der Waals surface area contributed by atoms with Crippen molar-refractivity contribution in [2.24, 2.45) is 5.92 Å². The molecule has 7 nitrogen and oxygen atoms in total. The number of carbonyl (C=O) groups excluding carboxylic acids is 1. The lowest BCUT2D eigenvalue weighted by atomic mass is 9.95. The van der Waals surface area contributed by atoms with Crippen LogP contribution in [0, 0.1) is 18.7 Å². The molecule has 2 aromatic carbocycles. The average molecular weight is 510 g/mol. The molecule has 5 rings (SSSR count). The standard InChI is InChI=1S/C27H28FN3O4S/c1-19-26(25(35-29-19)13-12-21-8-4-5-11-24(21)28)36(33,34)31-15-6-10-23(18-31)27(32)30-16-14-20-7-2-3-9-22(20)17-30/h2-5,7-9,11-13,23H,6,10,14-18H2,1H3/b13-12+/t23-/m1/s1. The van der Waals surface area contributed by atoms with Gasteiger partial charge in [-0.15, -0.1) is 0 Å². The Morgan fingerprint density at radius 1 is 1.08 bits per heavy atom. The summed E-state index contributed by atoms with van der Waals surface area (Å²) in [6.07, 6.45) is 4.92. The normalized spacial score (nSPS) is 18.9. The largest absolute Gasteiger partial charge is 0.355 e. The second-order valence-electron chi connectivity index (χ2n) is 9.30. The second kappa shape index (κ2) is 9.99. The second-order valence-corrected chi connectivity index (χ2v) is 11.2. The van der Waals surface area contributed by atoms with Crippen molar-refractivity contribution in [2.75, 3.05) is 19.6 Å². The molecule has 36 heavy (non-hydrogen) atoms. The van der Waals surface area contributed by atoms with E-state index in [9.17, 15) is 17.6 Å². The molecule has 0 saturated carbocycles. The summed E-state index contributed by atoms with van der Waals surface area (Å²) >= 11 is 0. The van der Waals surface area contributed by atoms with Crippen LogP contribution in [0.5, 0.6) is 0 Å². The predicted octanol–water partition coefficient (Wildman–Crippen LogP) is 4.28. The molecule has 0 spiro atoms. The summed E-state index contributed by atoms with van der Waals surface area (Å²) in [6, 6.07) is 14.3. The van der Waals surface area contributed by atoms with E-state index in [-0.39, 0.29) is 28.8 Å². The number of aryl methyl sites for hydroxylation is 1. The molecule has 1 saturated heterocycles. The molecule has 1 amide bonds. The van der Waals surface area contributed by atoms with Crippen molar-refractivity contribution in [1.29, 1.82) is 0 Å². The highest BCUT2D eigenvalue weighted by molar-refractivity contribution is 7.89. The number of sulfonamides is 1. The Morgan fingerprint density at radius 2 is 1.83 bits per heavy atom. The Hall–Kier alpha value is -3.30. The van der Waals surface area contributed by atoms with E-state index in [1.807, 2.05) is 23.1 Å². The first-order valence-corrected chi connectivity index (χ1v) is 13.5. The van der Waals surface area contributed by atoms with Crippen LogP contribution in [0.1, 0.15) is 41.0 Å². The van der Waals surface area contributed by atoms with Crippen LogP contribution in [-0.2, 0) is 27.8 Å². The molecule has 3 heterocycles. The number of benzene rings is 2. The highest BCUT2D eigenvalue weighted by atomic mass is 32.2. The zero-order chi connectivity index (χ0) is 25.3. The van der Waals surface area contributed by atoms with Crippen molar-refractivity contribution in [3.8, 4) is 0 Å². The summed E-state index contributed by atoms with van der Waals surface area (Å²) in [4.78, 5) is 15.2. The molecule has 0 unspecified atom stereocenters. The van der Waals surface area contributed by atoms with Gasteiger partial charge in [0.1, 0.15) is 11.5 Å². The Bertz CT molecular complexity index is 1420. The number of hydrogen-bond acceptors (Lipinski definition) is 5. The van der Waals surface area contributed by atoms with E-state index in [1.165, 1.54) is 28.1 Å². The summed E-state index contributed by atoms with van der Waals surface area (Å²) < 4.78 is 48.0. The van der Waals surface area contributed by atoms with E-state index in [2.05, 4.69) is 11.2 Å². The fourth-order valence-electron chi connectivity index (χ4n) is 5.01. The first-order valence-electron chi connectivity index (χ1n) is 12.1. The average Bonchev–Trinajstić information content (AvgIpc) is 3.28. The number of piperidine rings is 1. The number of hydrogen-bond donors (Lipinski definition) is 0. The maximum absolute atomic E-state index is 14.0. The molecule has 2 aliphatic heterocycles. The minimum absolute atomic E-state index is 0.00823. The van der Waals surface area contributed by atoms with Crippen molar-refractivity contribution in [3.05, 3.63) is 82.5 Å². The van der Waals surface area contributed by atoms with Gasteiger partial charge < -0.3 is 9.42 Å². The van der Waals surface area contributed by atoms with Gasteiger partial charge in [0, 0.05) is 31.7 Å². The molecule has 1 aromatic heterocycles. The number of fused-ring (bicyclic) bond motifs is 1. The lowest BCUT2D eigenvalue weighted by Gasteiger charge is -2.36. The minimum Gasteiger partial charge on any atom is -0.355 e. The zero-order valence-corrected chi connectivity index (χ0v) is 20.9. The van der Waals surface area contributed by atoms with Crippen molar-refractivity contribution in [3.63, 3.8) is 0 Å². The lowest BCUT2D eigenvalue weighted by molar-refractivity contribution is -0.137. The number of aromatic nitrogens is 1. The summed E-state index contributed by atoms with van der Waals surface area (Å²) in [7, 11) is -3.98. The quantitative estimate of drug-likeness (QED) is 0.513. The Morgan fingerprint density at radius 3 is 2.64 bits per heavy atom. The molecular formula is C27H28FN3O4S. The van der Waals surface area contributed by atoms with Crippen LogP contribution in [0.4, 0.5) is 4.39 Å². The van der Waals surface area contributed by atoms with E-state index in [0.717, 1.165) is 12.0 Å². The summed E-state index contributed by atoms with van der Waals surface area (Å²) in [5.41, 5.74) is 2.93. The van der Waals surface area contributed by atoms with Gasteiger partial charge in [-0.3, -0.25) is 4.79 Å². The van der Waals surface area contributed by atoms with Gasteiger partial charge >= 0.3 is 0 Å². The van der Waals surface area contributed by atoms with Gasteiger partial charge in [-0.25, -0.2) is 12.8 Å². The number of nitrogens with zero attached hydrogens (tertiary/aromatic N) is 3. The van der Waals surface area contributed by atoms with Gasteiger partial charge in [0.05, 0.1) is 5.92 Å². The third kappa shape index (κ3) is 4.73. The Kier molecular flexibility index (Phi) is 6.77. The maximum atomic E-state index is 14.0. The van der Waals surface area contributed by atoms with Gasteiger partial charge in [0.15, 0.2) is 10.7 Å². The van der Waals surface area contributed by atoms with Gasteiger partial charge in [0.25, 0.3) is 0 Å². The highest BCUT2D eigenvalue weighted by Gasteiger charge is 2.38. The molecule has 0 aliphatic carbocycles. The van der Waals surface area contributed by atoms with E-state index < -0.39 is 21.8 Å². The van der Waals surface area contributed by atoms with Gasteiger partial charge in [0.2, 0.25) is 15.9 Å². The van der Waals surface area contributed by atoms with Crippen molar-refractivity contribution >= 4 is 28.1 Å². The number of rotatable bonds is 5. The number of amides is 1. The molecule has 9 heteroatoms. The summed E-state index contributed by atoms with van der Waals surface area (Å²) in [5, 5.41) is 3.86. The third-order valence-electron chi connectivity index (χ3n) is 6.93. The van der Waals surface area contributed by atoms with Crippen molar-refractivity contribution in [2.45, 2.75) is 37.6 Å². The van der Waals surface area contributed by atoms with Gasteiger partial charge in [-0.05, 0) is 55.5 Å². The lowest BCUT2D eigenvalue weighted by Crippen LogP contribution is -2.47. The molecule has 1 atom stereocenters. The molecule has 0 bridgehead atoms. The Labute approximate surface area is 210 Å². The van der Waals surface area contributed by atoms with Crippen molar-refractivity contribution in [1.82, 2.24) is 14.4 Å². The topological polar surface area (TPSA) is 83.7 Å². The minimum atomic E-state index is -3.98. The number of halogens is 1. The van der Waals surface area contributed by atoms with E-state index in [4.69, 9.17) is 4.52 Å². The fourth-order valence-corrected chi connectivity index (χ4v) is 6.78. The van der Waals surface area contributed by atoms with Crippen LogP contribution in [0.15, 0.2) is 57.9 Å². The smallest absolute Gasteiger partial charge is 0.248 e. The first kappa shape index (κ1) is 24.4. The highest BCUT2D eigenvalue weighted by Crippen LogP contribution is 2.31. The molecule has 1 fully saturated rings. The van der Waals surface area contributed by atoms with Gasteiger partial charge in [-0.1, -0.05) is 47.6 Å². The van der Waals surface area contributed by atoms with Crippen LogP contribution in [-0.4, -0.2) is 48.3 Å². The maximum Gasteiger partial charge on any atom is 0.248 e. The summed E-state index contributed by atoms with van der Waals surface area (Å²) in [5.74, 6) is -0.800. The van der Waals surface area contributed by atoms with E-state index in [0.29, 0.717) is 38.0 Å². The first-order chi connectivity index (χ1) is 17.3. The molecule has 188 valence electrons. The van der Waals surface area contributed by atoms with Crippen LogP contribution >= 0.6 is 0 Å². The zero-order valence-electron chi connectivity index (χ0n) is 20.1. The molecule has 2 aliphatic rings. The monoisotopic (exact) mass is 509 g/mol. The third-order valence-corrected chi connectivity index (χ3v) is 8.95. The molecular weight excluding hydrogens is 481 g/mol. The van der Waals surface area contributed by atoms with E-state index in [1.54, 1.807) is 25.1 Å². The van der Waals surface area contributed by atoms with E-state index >= 15 is 0 Å². The molecule has 0 N–H and O–H groups in total. The van der Waals surface area contributed by atoms with Crippen molar-refractivity contribution < 1.29 is 22.1 Å². The molecule has 0 radical (unpaired) electrons. The Balaban J connectivity index is 1.35. The van der Waals surface area contributed by atoms with Crippen LogP contribution in [0.25, 0.3) is 12.2 Å². The summed E-state index contributed by atoms with van der Waals surface area (Å²) in [6.45, 7) is 3.17. The van der Waals surface area contributed by atoms with Crippen LogP contribution in [0.2, 0.25) is 0 Å². The predicted molar refractivity (Wildman–Crippen MR) is 134 cm³/mol. The molecule has 3 aromatic rings. The van der Waals surface area contributed by atoms with Crippen LogP contribution < -0.4 is 0 Å².